The van der Waals surface area contributed by atoms with Gasteiger partial charge in [0.1, 0.15) is 5.82 Å². The van der Waals surface area contributed by atoms with E-state index in [1.165, 1.54) is 12.1 Å². The number of ether oxygens (including phenoxy) is 1. The van der Waals surface area contributed by atoms with E-state index >= 15 is 0 Å². The predicted octanol–water partition coefficient (Wildman–Crippen LogP) is 1.07. The van der Waals surface area contributed by atoms with Crippen molar-refractivity contribution in [1.29, 1.82) is 0 Å². The van der Waals surface area contributed by atoms with Gasteiger partial charge in [-0.1, -0.05) is 6.07 Å². The van der Waals surface area contributed by atoms with Crippen molar-refractivity contribution in [3.63, 3.8) is 0 Å². The van der Waals surface area contributed by atoms with E-state index in [4.69, 9.17) is 4.74 Å². The number of carbonyl (C=O) groups excluding carboxylic acids is 1. The molecule has 1 saturated heterocycles. The molecule has 1 unspecified atom stereocenters. The highest BCUT2D eigenvalue weighted by Gasteiger charge is 2.20. The van der Waals surface area contributed by atoms with Gasteiger partial charge < -0.3 is 15.4 Å². The molecule has 2 rings (SSSR count). The smallest absolute Gasteiger partial charge is 0.225 e. The first-order valence-electron chi connectivity index (χ1n) is 7.21. The Morgan fingerprint density at radius 3 is 3.14 bits per heavy atom. The fourth-order valence-electron chi connectivity index (χ4n) is 2.38. The number of rotatable bonds is 6. The van der Waals surface area contributed by atoms with E-state index in [0.717, 1.165) is 19.6 Å². The zero-order valence-corrected chi connectivity index (χ0v) is 12.3. The van der Waals surface area contributed by atoms with E-state index in [0.29, 0.717) is 25.3 Å². The van der Waals surface area contributed by atoms with Crippen LogP contribution in [-0.4, -0.2) is 56.7 Å². The second-order valence-electron chi connectivity index (χ2n) is 5.16. The minimum Gasteiger partial charge on any atom is -0.374 e. The number of hydrogen-bond donors (Lipinski definition) is 2. The van der Waals surface area contributed by atoms with Crippen molar-refractivity contribution in [2.45, 2.75) is 12.5 Å². The lowest BCUT2D eigenvalue weighted by Crippen LogP contribution is -2.46. The average Bonchev–Trinajstić information content (AvgIpc) is 2.46. The van der Waals surface area contributed by atoms with E-state index in [-0.39, 0.29) is 17.8 Å². The molecule has 2 N–H and O–H groups in total. The Bertz CT molecular complexity index is 468. The molecular weight excluding hydrogens is 273 g/mol. The number of nitrogens with one attached hydrogen (secondary N) is 2. The molecular formula is C15H22FN3O2. The molecule has 0 bridgehead atoms. The van der Waals surface area contributed by atoms with Crippen LogP contribution in [0.5, 0.6) is 0 Å². The van der Waals surface area contributed by atoms with E-state index in [1.807, 2.05) is 7.05 Å². The minimum atomic E-state index is -0.351. The Hall–Kier alpha value is -1.50. The Morgan fingerprint density at radius 1 is 1.52 bits per heavy atom. The van der Waals surface area contributed by atoms with Crippen molar-refractivity contribution in [1.82, 2.24) is 10.2 Å². The van der Waals surface area contributed by atoms with Gasteiger partial charge in [0, 0.05) is 38.3 Å². The summed E-state index contributed by atoms with van der Waals surface area (Å²) >= 11 is 0. The van der Waals surface area contributed by atoms with Crippen LogP contribution in [0.1, 0.15) is 6.42 Å². The number of benzene rings is 1. The molecule has 1 aromatic rings. The van der Waals surface area contributed by atoms with Gasteiger partial charge in [-0.25, -0.2) is 4.39 Å². The van der Waals surface area contributed by atoms with E-state index in [2.05, 4.69) is 15.5 Å². The number of anilines is 1. The Labute approximate surface area is 124 Å². The van der Waals surface area contributed by atoms with Crippen LogP contribution in [0.15, 0.2) is 24.3 Å². The molecule has 1 heterocycles. The zero-order chi connectivity index (χ0) is 15.1. The van der Waals surface area contributed by atoms with Gasteiger partial charge in [-0.05, 0) is 25.2 Å². The topological polar surface area (TPSA) is 53.6 Å². The highest BCUT2D eigenvalue weighted by atomic mass is 19.1. The summed E-state index contributed by atoms with van der Waals surface area (Å²) in [7, 11) is 1.90. The molecule has 116 valence electrons. The molecule has 21 heavy (non-hydrogen) atoms. The number of carbonyl (C=O) groups is 1. The first kappa shape index (κ1) is 15.9. The quantitative estimate of drug-likeness (QED) is 0.824. The van der Waals surface area contributed by atoms with Gasteiger partial charge in [-0.2, -0.15) is 0 Å². The second kappa shape index (κ2) is 8.07. The minimum absolute atomic E-state index is 0.0998. The first-order chi connectivity index (χ1) is 10.2. The van der Waals surface area contributed by atoms with Crippen LogP contribution in [0.25, 0.3) is 0 Å². The van der Waals surface area contributed by atoms with E-state index < -0.39 is 0 Å². The van der Waals surface area contributed by atoms with Gasteiger partial charge >= 0.3 is 0 Å². The molecule has 0 radical (unpaired) electrons. The van der Waals surface area contributed by atoms with Crippen LogP contribution in [0.2, 0.25) is 0 Å². The third-order valence-corrected chi connectivity index (χ3v) is 3.42. The SMILES string of the molecule is CNCC1CN(CCC(=O)Nc2cccc(F)c2)CCO1. The van der Waals surface area contributed by atoms with Gasteiger partial charge in [-0.15, -0.1) is 0 Å². The number of likely N-dealkylation sites (N-methyl/N-ethyl adjacent to an activating group) is 1. The zero-order valence-electron chi connectivity index (χ0n) is 12.3. The third-order valence-electron chi connectivity index (χ3n) is 3.42. The summed E-state index contributed by atoms with van der Waals surface area (Å²) in [5, 5.41) is 5.80. The summed E-state index contributed by atoms with van der Waals surface area (Å²) in [6, 6.07) is 5.93. The molecule has 5 nitrogen and oxygen atoms in total. The van der Waals surface area contributed by atoms with Crippen LogP contribution in [0.4, 0.5) is 10.1 Å². The number of morpholine rings is 1. The molecule has 0 spiro atoms. The monoisotopic (exact) mass is 295 g/mol. The van der Waals surface area contributed by atoms with Crippen LogP contribution in [0.3, 0.4) is 0 Å². The maximum Gasteiger partial charge on any atom is 0.225 e. The van der Waals surface area contributed by atoms with Gasteiger partial charge in [0.2, 0.25) is 5.91 Å². The van der Waals surface area contributed by atoms with Crippen LogP contribution >= 0.6 is 0 Å². The van der Waals surface area contributed by atoms with Crippen molar-refractivity contribution in [2.75, 3.05) is 45.2 Å². The summed E-state index contributed by atoms with van der Waals surface area (Å²) in [5.74, 6) is -0.451. The van der Waals surface area contributed by atoms with Gasteiger partial charge in [0.05, 0.1) is 12.7 Å². The summed E-state index contributed by atoms with van der Waals surface area (Å²) < 4.78 is 18.6. The molecule has 1 atom stereocenters. The Balaban J connectivity index is 1.73. The van der Waals surface area contributed by atoms with Crippen molar-refractivity contribution in [3.05, 3.63) is 30.1 Å². The highest BCUT2D eigenvalue weighted by molar-refractivity contribution is 5.90. The fraction of sp³-hybridized carbons (Fsp3) is 0.533. The maximum atomic E-state index is 13.0. The molecule has 0 aromatic heterocycles. The molecule has 1 aliphatic rings. The lowest BCUT2D eigenvalue weighted by atomic mass is 10.2. The lowest BCUT2D eigenvalue weighted by molar-refractivity contribution is -0.117. The van der Waals surface area contributed by atoms with Gasteiger partial charge in [-0.3, -0.25) is 9.69 Å². The van der Waals surface area contributed by atoms with Gasteiger partial charge in [0.25, 0.3) is 0 Å². The van der Waals surface area contributed by atoms with Crippen LogP contribution < -0.4 is 10.6 Å². The summed E-state index contributed by atoms with van der Waals surface area (Å²) in [5.41, 5.74) is 0.495. The Morgan fingerprint density at radius 2 is 2.38 bits per heavy atom. The Kier molecular flexibility index (Phi) is 6.10. The van der Waals surface area contributed by atoms with Gasteiger partial charge in [0.15, 0.2) is 0 Å². The van der Waals surface area contributed by atoms with Crippen molar-refractivity contribution >= 4 is 11.6 Å². The van der Waals surface area contributed by atoms with Crippen molar-refractivity contribution in [2.24, 2.45) is 0 Å². The average molecular weight is 295 g/mol. The lowest BCUT2D eigenvalue weighted by Gasteiger charge is -2.32. The number of nitrogens with zero attached hydrogens (tertiary/aromatic N) is 1. The summed E-state index contributed by atoms with van der Waals surface area (Å²) in [6.07, 6.45) is 0.568. The fourth-order valence-corrected chi connectivity index (χ4v) is 2.38. The van der Waals surface area contributed by atoms with Crippen LogP contribution in [-0.2, 0) is 9.53 Å². The molecule has 1 amide bonds. The molecule has 1 aromatic carbocycles. The largest absolute Gasteiger partial charge is 0.374 e. The molecule has 0 saturated carbocycles. The highest BCUT2D eigenvalue weighted by Crippen LogP contribution is 2.10. The molecule has 1 fully saturated rings. The molecule has 6 heteroatoms. The van der Waals surface area contributed by atoms with E-state index in [1.54, 1.807) is 12.1 Å². The molecule has 1 aliphatic heterocycles. The normalized spacial score (nSPS) is 19.4. The number of halogens is 1. The van der Waals surface area contributed by atoms with Crippen molar-refractivity contribution < 1.29 is 13.9 Å². The van der Waals surface area contributed by atoms with E-state index in [9.17, 15) is 9.18 Å². The third kappa shape index (κ3) is 5.41. The van der Waals surface area contributed by atoms with Crippen LogP contribution in [0, 0.1) is 5.82 Å². The van der Waals surface area contributed by atoms with Crippen molar-refractivity contribution in [3.8, 4) is 0 Å². The number of amides is 1. The summed E-state index contributed by atoms with van der Waals surface area (Å²) in [6.45, 7) is 3.86. The maximum absolute atomic E-state index is 13.0. The second-order valence-corrected chi connectivity index (χ2v) is 5.16. The summed E-state index contributed by atoms with van der Waals surface area (Å²) in [4.78, 5) is 14.1. The molecule has 0 aliphatic carbocycles. The number of hydrogen-bond acceptors (Lipinski definition) is 4. The first-order valence-corrected chi connectivity index (χ1v) is 7.21. The standard InChI is InChI=1S/C15H22FN3O2/c1-17-10-14-11-19(7-8-21-14)6-5-15(20)18-13-4-2-3-12(16)9-13/h2-4,9,14,17H,5-8,10-11H2,1H3,(H,18,20). The predicted molar refractivity (Wildman–Crippen MR) is 79.8 cm³/mol.